The number of hydrogen-bond donors (Lipinski definition) is 0. The fraction of sp³-hybridized carbons (Fsp3) is 0.700. The van der Waals surface area contributed by atoms with E-state index in [0.29, 0.717) is 0 Å². The van der Waals surface area contributed by atoms with Crippen LogP contribution in [-0.4, -0.2) is 25.1 Å². The Labute approximate surface area is 99.2 Å². The summed E-state index contributed by atoms with van der Waals surface area (Å²) in [4.78, 5) is 15.8. The van der Waals surface area contributed by atoms with Crippen molar-refractivity contribution in [1.82, 2.24) is 0 Å². The van der Waals surface area contributed by atoms with Gasteiger partial charge in [-0.1, -0.05) is 6.92 Å². The molecule has 0 aromatic rings. The Balaban J connectivity index is 1.94. The van der Waals surface area contributed by atoms with E-state index < -0.39 is 5.97 Å². The fourth-order valence-corrected chi connectivity index (χ4v) is 1.37. The Hall–Kier alpha value is -0.560. The molecule has 0 amide bonds. The highest BCUT2D eigenvalue weighted by Gasteiger charge is 2.10. The molecule has 5 nitrogen and oxygen atoms in total. The van der Waals surface area contributed by atoms with Gasteiger partial charge in [-0.3, -0.25) is 0 Å². The highest BCUT2D eigenvalue weighted by atomic mass is 32.2. The molecule has 1 aliphatic carbocycles. The molecule has 0 aliphatic heterocycles. The number of rotatable bonds is 8. The van der Waals surface area contributed by atoms with E-state index in [4.69, 9.17) is 9.47 Å². The first-order valence-corrected chi connectivity index (χ1v) is 6.12. The molecule has 0 unspecified atom stereocenters. The van der Waals surface area contributed by atoms with Gasteiger partial charge in [0.05, 0.1) is 0 Å². The Kier molecular flexibility index (Phi) is 7.24. The normalized spacial score (nSPS) is 14.9. The molecule has 0 spiro atoms. The topological polar surface area (TPSA) is 54.0 Å². The number of ether oxygens (including phenoxy) is 2. The summed E-state index contributed by atoms with van der Waals surface area (Å²) < 4.78 is 14.6. The molecule has 0 bridgehead atoms. The molecule has 6 heteroatoms. The van der Waals surface area contributed by atoms with Gasteiger partial charge < -0.3 is 9.47 Å². The van der Waals surface area contributed by atoms with Crippen LogP contribution in [-0.2, 0) is 23.5 Å². The second kappa shape index (κ2) is 8.58. The summed E-state index contributed by atoms with van der Waals surface area (Å²) in [5.41, 5.74) is 0. The van der Waals surface area contributed by atoms with E-state index in [9.17, 15) is 4.79 Å². The molecule has 0 radical (unpaired) electrons. The molecular weight excluding hydrogens is 232 g/mol. The monoisotopic (exact) mass is 248 g/mol. The van der Waals surface area contributed by atoms with Crippen molar-refractivity contribution in [1.29, 1.82) is 0 Å². The second-order valence-electron chi connectivity index (χ2n) is 3.10. The van der Waals surface area contributed by atoms with Crippen molar-refractivity contribution in [2.24, 2.45) is 0 Å². The van der Waals surface area contributed by atoms with E-state index in [2.05, 4.69) is 9.22 Å². The molecule has 0 heterocycles. The summed E-state index contributed by atoms with van der Waals surface area (Å²) in [6.07, 6.45) is 4.79. The third kappa shape index (κ3) is 6.12. The smallest absolute Gasteiger partial charge is 0.337 e. The van der Waals surface area contributed by atoms with Crippen molar-refractivity contribution in [3.8, 4) is 0 Å². The van der Waals surface area contributed by atoms with Gasteiger partial charge in [0.2, 0.25) is 0 Å². The number of carbonyl (C=O) groups is 1. The molecular formula is C10H16O5S. The molecule has 0 saturated heterocycles. The summed E-state index contributed by atoms with van der Waals surface area (Å²) in [6.45, 7) is 1.72. The van der Waals surface area contributed by atoms with Crippen molar-refractivity contribution >= 4 is 18.0 Å². The first kappa shape index (κ1) is 13.5. The predicted molar refractivity (Wildman–Crippen MR) is 59.1 cm³/mol. The van der Waals surface area contributed by atoms with E-state index in [0.717, 1.165) is 30.8 Å². The highest BCUT2D eigenvalue weighted by Crippen LogP contribution is 2.18. The maximum Gasteiger partial charge on any atom is 0.337 e. The zero-order valence-corrected chi connectivity index (χ0v) is 10.1. The van der Waals surface area contributed by atoms with Crippen LogP contribution in [0.4, 0.5) is 0 Å². The first-order valence-electron chi connectivity index (χ1n) is 5.21. The van der Waals surface area contributed by atoms with Gasteiger partial charge in [-0.15, -0.1) is 0 Å². The lowest BCUT2D eigenvalue weighted by Crippen LogP contribution is -2.13. The predicted octanol–water partition coefficient (Wildman–Crippen LogP) is 2.19. The van der Waals surface area contributed by atoms with E-state index in [1.54, 1.807) is 0 Å². The SMILES string of the molecule is CCSOOCOCC(=O)OC1=CCCC1. The summed E-state index contributed by atoms with van der Waals surface area (Å²) in [7, 11) is 0. The van der Waals surface area contributed by atoms with E-state index >= 15 is 0 Å². The summed E-state index contributed by atoms with van der Waals surface area (Å²) in [5, 5.41) is 0. The van der Waals surface area contributed by atoms with Crippen LogP contribution in [0.3, 0.4) is 0 Å². The average molecular weight is 248 g/mol. The van der Waals surface area contributed by atoms with Crippen molar-refractivity contribution in [3.05, 3.63) is 11.8 Å². The first-order chi connectivity index (χ1) is 7.83. The van der Waals surface area contributed by atoms with Crippen LogP contribution in [0, 0.1) is 0 Å². The van der Waals surface area contributed by atoms with Crippen LogP contribution in [0.25, 0.3) is 0 Å². The largest absolute Gasteiger partial charge is 0.430 e. The molecule has 0 fully saturated rings. The molecule has 92 valence electrons. The molecule has 0 saturated carbocycles. The van der Waals surface area contributed by atoms with Crippen molar-refractivity contribution in [2.75, 3.05) is 19.2 Å². The van der Waals surface area contributed by atoms with Crippen LogP contribution >= 0.6 is 12.0 Å². The maximum absolute atomic E-state index is 11.2. The molecule has 0 N–H and O–H groups in total. The molecule has 0 aromatic heterocycles. The minimum atomic E-state index is -0.403. The molecule has 0 aromatic carbocycles. The zero-order chi connectivity index (χ0) is 11.6. The van der Waals surface area contributed by atoms with Gasteiger partial charge in [-0.05, 0) is 18.9 Å². The third-order valence-corrected chi connectivity index (χ3v) is 2.24. The van der Waals surface area contributed by atoms with E-state index in [1.165, 1.54) is 12.0 Å². The van der Waals surface area contributed by atoms with Crippen LogP contribution in [0.1, 0.15) is 26.2 Å². The Morgan fingerprint density at radius 1 is 1.56 bits per heavy atom. The van der Waals surface area contributed by atoms with Crippen molar-refractivity contribution in [2.45, 2.75) is 26.2 Å². The van der Waals surface area contributed by atoms with Crippen molar-refractivity contribution in [3.63, 3.8) is 0 Å². The summed E-state index contributed by atoms with van der Waals surface area (Å²) in [5.74, 6) is 1.13. The van der Waals surface area contributed by atoms with Crippen LogP contribution in [0.5, 0.6) is 0 Å². The summed E-state index contributed by atoms with van der Waals surface area (Å²) >= 11 is 1.17. The number of carbonyl (C=O) groups excluding carboxylic acids is 1. The van der Waals surface area contributed by atoms with Gasteiger partial charge in [-0.25, -0.2) is 4.79 Å². The Morgan fingerprint density at radius 3 is 3.12 bits per heavy atom. The molecule has 0 atom stereocenters. The van der Waals surface area contributed by atoms with Crippen LogP contribution < -0.4 is 0 Å². The lowest BCUT2D eigenvalue weighted by atomic mass is 10.4. The molecule has 1 aliphatic rings. The third-order valence-electron chi connectivity index (χ3n) is 1.81. The van der Waals surface area contributed by atoms with Gasteiger partial charge in [0.25, 0.3) is 0 Å². The number of allylic oxidation sites excluding steroid dienone is 2. The molecule has 1 rings (SSSR count). The number of esters is 1. The summed E-state index contributed by atoms with van der Waals surface area (Å²) in [6, 6.07) is 0. The van der Waals surface area contributed by atoms with Gasteiger partial charge in [0, 0.05) is 24.2 Å². The lowest BCUT2D eigenvalue weighted by Gasteiger charge is -2.05. The maximum atomic E-state index is 11.2. The zero-order valence-electron chi connectivity index (χ0n) is 9.27. The van der Waals surface area contributed by atoms with Crippen LogP contribution in [0.2, 0.25) is 0 Å². The quantitative estimate of drug-likeness (QED) is 0.164. The van der Waals surface area contributed by atoms with Gasteiger partial charge in [0.1, 0.15) is 12.4 Å². The van der Waals surface area contributed by atoms with Gasteiger partial charge >= 0.3 is 5.97 Å². The van der Waals surface area contributed by atoms with Crippen molar-refractivity contribution < 1.29 is 23.5 Å². The Bertz CT molecular complexity index is 241. The van der Waals surface area contributed by atoms with E-state index in [-0.39, 0.29) is 13.4 Å². The average Bonchev–Trinajstić information content (AvgIpc) is 2.76. The van der Waals surface area contributed by atoms with Crippen LogP contribution in [0.15, 0.2) is 11.8 Å². The fourth-order valence-electron chi connectivity index (χ4n) is 1.17. The highest BCUT2D eigenvalue weighted by molar-refractivity contribution is 7.94. The number of hydrogen-bond acceptors (Lipinski definition) is 6. The molecule has 16 heavy (non-hydrogen) atoms. The minimum absolute atomic E-state index is 0.0822. The second-order valence-corrected chi connectivity index (χ2v) is 4.04. The minimum Gasteiger partial charge on any atom is -0.430 e. The standard InChI is InChI=1S/C10H16O5S/c1-2-16-15-13-8-12-7-10(11)14-9-5-3-4-6-9/h5H,2-4,6-8H2,1H3. The van der Waals surface area contributed by atoms with E-state index in [1.807, 2.05) is 13.0 Å². The van der Waals surface area contributed by atoms with Gasteiger partial charge in [-0.2, -0.15) is 9.22 Å². The van der Waals surface area contributed by atoms with Gasteiger partial charge in [0.15, 0.2) is 6.79 Å². The lowest BCUT2D eigenvalue weighted by molar-refractivity contribution is -0.254. The Morgan fingerprint density at radius 2 is 2.44 bits per heavy atom.